The van der Waals surface area contributed by atoms with E-state index in [1.807, 2.05) is 36.4 Å². The maximum atomic E-state index is 14.8. The Labute approximate surface area is 162 Å². The molecule has 1 saturated carbocycles. The van der Waals surface area contributed by atoms with Crippen molar-refractivity contribution >= 4 is 0 Å². The minimum absolute atomic E-state index is 0.155. The number of allylic oxidation sites excluding steroid dienone is 1. The summed E-state index contributed by atoms with van der Waals surface area (Å²) in [4.78, 5) is 0. The lowest BCUT2D eigenvalue weighted by atomic mass is 9.77. The fourth-order valence-corrected chi connectivity index (χ4v) is 4.39. The van der Waals surface area contributed by atoms with Crippen molar-refractivity contribution in [3.8, 4) is 11.1 Å². The Bertz CT molecular complexity index is 753. The molecule has 0 bridgehead atoms. The van der Waals surface area contributed by atoms with Gasteiger partial charge in [-0.1, -0.05) is 62.2 Å². The molecule has 0 unspecified atom stereocenters. The van der Waals surface area contributed by atoms with Gasteiger partial charge in [0, 0.05) is 5.56 Å². The van der Waals surface area contributed by atoms with E-state index in [0.717, 1.165) is 50.0 Å². The van der Waals surface area contributed by atoms with E-state index in [4.69, 9.17) is 0 Å². The lowest BCUT2D eigenvalue weighted by Gasteiger charge is -2.29. The first-order chi connectivity index (χ1) is 13.1. The first-order valence-corrected chi connectivity index (χ1v) is 10.3. The second-order valence-corrected chi connectivity index (χ2v) is 7.86. The van der Waals surface area contributed by atoms with Crippen LogP contribution in [0.3, 0.4) is 0 Å². The lowest BCUT2D eigenvalue weighted by Crippen LogP contribution is -2.14. The van der Waals surface area contributed by atoms with Gasteiger partial charge >= 0.3 is 0 Å². The van der Waals surface area contributed by atoms with Crippen molar-refractivity contribution in [1.82, 2.24) is 0 Å². The van der Waals surface area contributed by atoms with Gasteiger partial charge in [-0.3, -0.25) is 0 Å². The summed E-state index contributed by atoms with van der Waals surface area (Å²) in [7, 11) is 0. The third kappa shape index (κ3) is 4.66. The van der Waals surface area contributed by atoms with Crippen molar-refractivity contribution in [2.45, 2.75) is 64.2 Å². The first kappa shape index (κ1) is 19.8. The van der Waals surface area contributed by atoms with E-state index in [-0.39, 0.29) is 5.92 Å². The molecule has 2 aromatic rings. The summed E-state index contributed by atoms with van der Waals surface area (Å²) < 4.78 is 29.7. The van der Waals surface area contributed by atoms with Gasteiger partial charge in [0.2, 0.25) is 0 Å². The van der Waals surface area contributed by atoms with Crippen molar-refractivity contribution in [3.63, 3.8) is 0 Å². The molecule has 1 aliphatic carbocycles. The van der Waals surface area contributed by atoms with Gasteiger partial charge in [0.1, 0.15) is 0 Å². The molecule has 2 aromatic carbocycles. The van der Waals surface area contributed by atoms with Crippen molar-refractivity contribution < 1.29 is 8.78 Å². The van der Waals surface area contributed by atoms with Gasteiger partial charge in [-0.2, -0.15) is 0 Å². The molecule has 0 spiro atoms. The molecule has 2 heteroatoms. The maximum absolute atomic E-state index is 14.8. The molecule has 0 aromatic heterocycles. The Morgan fingerprint density at radius 2 is 1.67 bits per heavy atom. The van der Waals surface area contributed by atoms with E-state index in [1.165, 1.54) is 18.4 Å². The fraction of sp³-hybridized carbons (Fsp3) is 0.440. The topological polar surface area (TPSA) is 0 Å². The summed E-state index contributed by atoms with van der Waals surface area (Å²) in [5.41, 5.74) is 2.83. The zero-order valence-corrected chi connectivity index (χ0v) is 16.3. The second kappa shape index (κ2) is 9.30. The highest BCUT2D eigenvalue weighted by Gasteiger charge is 2.26. The van der Waals surface area contributed by atoms with Crippen LogP contribution < -0.4 is 0 Å². The van der Waals surface area contributed by atoms with Crippen LogP contribution in [0.4, 0.5) is 8.78 Å². The Hall–Kier alpha value is -1.96. The SMILES string of the molecule is C=CCCc1ccc(-c2ccc(C3CCC(CCC)CC3)c(F)c2F)cc1. The van der Waals surface area contributed by atoms with Crippen LogP contribution in [-0.2, 0) is 6.42 Å². The highest BCUT2D eigenvalue weighted by molar-refractivity contribution is 5.65. The van der Waals surface area contributed by atoms with Gasteiger partial charge < -0.3 is 0 Å². The standard InChI is InChI=1S/C25H30F2/c1-3-5-7-19-10-14-21(15-11-19)23-17-16-22(24(26)25(23)27)20-12-8-18(6-4-2)9-13-20/h3,10-11,14-18,20H,1,4-9,12-13H2,2H3. The Morgan fingerprint density at radius 3 is 2.30 bits per heavy atom. The molecule has 0 atom stereocenters. The normalized spacial score (nSPS) is 19.8. The van der Waals surface area contributed by atoms with Crippen LogP contribution in [-0.4, -0.2) is 0 Å². The van der Waals surface area contributed by atoms with Crippen molar-refractivity contribution in [3.05, 3.63) is 71.8 Å². The third-order valence-corrected chi connectivity index (χ3v) is 6.00. The quantitative estimate of drug-likeness (QED) is 0.437. The van der Waals surface area contributed by atoms with E-state index >= 15 is 0 Å². The van der Waals surface area contributed by atoms with Crippen molar-refractivity contribution in [2.24, 2.45) is 5.92 Å². The zero-order chi connectivity index (χ0) is 19.2. The Balaban J connectivity index is 1.76. The van der Waals surface area contributed by atoms with Gasteiger partial charge in [0.15, 0.2) is 11.6 Å². The van der Waals surface area contributed by atoms with Gasteiger partial charge in [0.05, 0.1) is 0 Å². The highest BCUT2D eigenvalue weighted by atomic mass is 19.2. The molecule has 0 heterocycles. The largest absolute Gasteiger partial charge is 0.203 e. The highest BCUT2D eigenvalue weighted by Crippen LogP contribution is 2.40. The zero-order valence-electron chi connectivity index (χ0n) is 16.3. The Morgan fingerprint density at radius 1 is 0.963 bits per heavy atom. The van der Waals surface area contributed by atoms with Crippen LogP contribution in [0.1, 0.15) is 68.9 Å². The molecule has 0 saturated heterocycles. The molecular formula is C25H30F2. The lowest BCUT2D eigenvalue weighted by molar-refractivity contribution is 0.303. The first-order valence-electron chi connectivity index (χ1n) is 10.3. The summed E-state index contributed by atoms with van der Waals surface area (Å²) in [5.74, 6) is -0.440. The van der Waals surface area contributed by atoms with Gasteiger partial charge in [0.25, 0.3) is 0 Å². The molecule has 1 fully saturated rings. The number of hydrogen-bond acceptors (Lipinski definition) is 0. The molecule has 0 aliphatic heterocycles. The van der Waals surface area contributed by atoms with Crippen LogP contribution in [0.5, 0.6) is 0 Å². The minimum Gasteiger partial charge on any atom is -0.203 e. The molecule has 144 valence electrons. The van der Waals surface area contributed by atoms with Gasteiger partial charge in [-0.25, -0.2) is 8.78 Å². The number of rotatable bonds is 7. The van der Waals surface area contributed by atoms with Crippen LogP contribution in [0.15, 0.2) is 49.1 Å². The number of hydrogen-bond donors (Lipinski definition) is 0. The van der Waals surface area contributed by atoms with Gasteiger partial charge in [-0.05, 0) is 67.1 Å². The van der Waals surface area contributed by atoms with E-state index < -0.39 is 11.6 Å². The van der Waals surface area contributed by atoms with E-state index in [1.54, 1.807) is 6.07 Å². The molecule has 27 heavy (non-hydrogen) atoms. The molecule has 0 radical (unpaired) electrons. The van der Waals surface area contributed by atoms with E-state index in [2.05, 4.69) is 13.5 Å². The van der Waals surface area contributed by atoms with Crippen LogP contribution >= 0.6 is 0 Å². The predicted octanol–water partition coefficient (Wildman–Crippen LogP) is 7.82. The average Bonchev–Trinajstić information content (AvgIpc) is 2.70. The molecule has 0 nitrogen and oxygen atoms in total. The van der Waals surface area contributed by atoms with Crippen LogP contribution in [0.2, 0.25) is 0 Å². The van der Waals surface area contributed by atoms with Gasteiger partial charge in [-0.15, -0.1) is 6.58 Å². The third-order valence-electron chi connectivity index (χ3n) is 6.00. The Kier molecular flexibility index (Phi) is 6.82. The molecule has 3 rings (SSSR count). The van der Waals surface area contributed by atoms with E-state index in [0.29, 0.717) is 11.1 Å². The minimum atomic E-state index is -0.706. The maximum Gasteiger partial charge on any atom is 0.166 e. The molecule has 0 amide bonds. The van der Waals surface area contributed by atoms with Crippen molar-refractivity contribution in [1.29, 1.82) is 0 Å². The molecular weight excluding hydrogens is 338 g/mol. The summed E-state index contributed by atoms with van der Waals surface area (Å²) in [5, 5.41) is 0. The van der Waals surface area contributed by atoms with E-state index in [9.17, 15) is 8.78 Å². The molecule has 0 N–H and O–H groups in total. The van der Waals surface area contributed by atoms with Crippen LogP contribution in [0.25, 0.3) is 11.1 Å². The number of aryl methyl sites for hydroxylation is 1. The summed E-state index contributed by atoms with van der Waals surface area (Å²) >= 11 is 0. The predicted molar refractivity (Wildman–Crippen MR) is 110 cm³/mol. The monoisotopic (exact) mass is 368 g/mol. The average molecular weight is 369 g/mol. The summed E-state index contributed by atoms with van der Waals surface area (Å²) in [6.45, 7) is 5.94. The smallest absolute Gasteiger partial charge is 0.166 e. The van der Waals surface area contributed by atoms with Crippen LogP contribution in [0, 0.1) is 17.6 Å². The molecule has 1 aliphatic rings. The summed E-state index contributed by atoms with van der Waals surface area (Å²) in [6.07, 6.45) is 10.4. The number of halogens is 2. The second-order valence-electron chi connectivity index (χ2n) is 7.86. The summed E-state index contributed by atoms with van der Waals surface area (Å²) in [6, 6.07) is 11.3. The number of benzene rings is 2. The van der Waals surface area contributed by atoms with Crippen molar-refractivity contribution in [2.75, 3.05) is 0 Å². The fourth-order valence-electron chi connectivity index (χ4n) is 4.39.